The monoisotopic (exact) mass is 388 g/mol. The first kappa shape index (κ1) is 20.2. The largest absolute Gasteiger partial charge is 0.497 e. The van der Waals surface area contributed by atoms with E-state index in [1.54, 1.807) is 0 Å². The molecule has 0 N–H and O–H groups in total. The van der Waals surface area contributed by atoms with E-state index in [2.05, 4.69) is 4.74 Å². The molecule has 10 heteroatoms. The minimum atomic E-state index is -5.16. The van der Waals surface area contributed by atoms with Crippen molar-refractivity contribution in [2.45, 2.75) is 24.4 Å². The Morgan fingerprint density at radius 1 is 1.11 bits per heavy atom. The molecule has 0 spiro atoms. The van der Waals surface area contributed by atoms with E-state index in [4.69, 9.17) is 15.3 Å². The first-order chi connectivity index (χ1) is 12.5. The first-order valence-corrected chi connectivity index (χ1v) is 7.23. The van der Waals surface area contributed by atoms with E-state index in [9.17, 15) is 26.3 Å². The van der Waals surface area contributed by atoms with Gasteiger partial charge in [0, 0.05) is 5.57 Å². The Kier molecular flexibility index (Phi) is 5.41. The van der Waals surface area contributed by atoms with Crippen LogP contribution in [0.2, 0.25) is 0 Å². The van der Waals surface area contributed by atoms with Gasteiger partial charge in [0.25, 0.3) is 0 Å². The third-order valence-electron chi connectivity index (χ3n) is 3.73. The minimum Gasteiger partial charge on any atom is -0.497 e. The standard InChI is InChI=1S/C17H10F6N2O2/c1-26-11-4-2-9(3-5-11)14-12(6-10(7-24)16(18,19)20)15(17(21,22)23)27-13(14)8-25/h2-6,13-14H,1H3. The van der Waals surface area contributed by atoms with Crippen molar-refractivity contribution in [1.29, 1.82) is 10.5 Å². The van der Waals surface area contributed by atoms with Gasteiger partial charge in [-0.05, 0) is 23.8 Å². The second-order valence-corrected chi connectivity index (χ2v) is 5.37. The average Bonchev–Trinajstić information content (AvgIpc) is 2.97. The minimum absolute atomic E-state index is 0.0784. The molecule has 0 saturated carbocycles. The van der Waals surface area contributed by atoms with E-state index in [1.807, 2.05) is 0 Å². The van der Waals surface area contributed by atoms with Crippen LogP contribution in [0.5, 0.6) is 5.75 Å². The average molecular weight is 388 g/mol. The molecule has 0 aromatic heterocycles. The molecule has 1 aliphatic rings. The molecule has 2 atom stereocenters. The van der Waals surface area contributed by atoms with Gasteiger partial charge in [-0.25, -0.2) is 0 Å². The Morgan fingerprint density at radius 2 is 1.70 bits per heavy atom. The number of nitrogens with zero attached hydrogens (tertiary/aromatic N) is 2. The predicted octanol–water partition coefficient (Wildman–Crippen LogP) is 4.53. The Morgan fingerprint density at radius 3 is 2.11 bits per heavy atom. The van der Waals surface area contributed by atoms with Gasteiger partial charge in [0.2, 0.25) is 5.76 Å². The van der Waals surface area contributed by atoms with Gasteiger partial charge in [0.05, 0.1) is 13.0 Å². The van der Waals surface area contributed by atoms with Gasteiger partial charge in [0.15, 0.2) is 6.10 Å². The van der Waals surface area contributed by atoms with E-state index in [0.29, 0.717) is 5.75 Å². The van der Waals surface area contributed by atoms with E-state index in [0.717, 1.165) is 6.07 Å². The van der Waals surface area contributed by atoms with Crippen LogP contribution in [0.15, 0.2) is 47.2 Å². The second-order valence-electron chi connectivity index (χ2n) is 5.37. The number of alkyl halides is 6. The van der Waals surface area contributed by atoms with Crippen LogP contribution in [0.1, 0.15) is 11.5 Å². The summed E-state index contributed by atoms with van der Waals surface area (Å²) in [5.41, 5.74) is -2.67. The lowest BCUT2D eigenvalue weighted by Crippen LogP contribution is -2.17. The smallest absolute Gasteiger partial charge is 0.449 e. The molecular formula is C17H10F6N2O2. The molecule has 4 nitrogen and oxygen atoms in total. The number of hydrogen-bond donors (Lipinski definition) is 0. The van der Waals surface area contributed by atoms with Crippen molar-refractivity contribution in [2.24, 2.45) is 0 Å². The molecule has 0 saturated heterocycles. The molecule has 142 valence electrons. The molecule has 27 heavy (non-hydrogen) atoms. The number of hydrogen-bond acceptors (Lipinski definition) is 4. The summed E-state index contributed by atoms with van der Waals surface area (Å²) >= 11 is 0. The van der Waals surface area contributed by atoms with Crippen LogP contribution in [0.25, 0.3) is 0 Å². The quantitative estimate of drug-likeness (QED) is 0.564. The Balaban J connectivity index is 2.69. The summed E-state index contributed by atoms with van der Waals surface area (Å²) < 4.78 is 88.0. The molecular weight excluding hydrogens is 378 g/mol. The lowest BCUT2D eigenvalue weighted by atomic mass is 9.86. The number of halogens is 6. The highest BCUT2D eigenvalue weighted by atomic mass is 19.4. The second kappa shape index (κ2) is 7.23. The van der Waals surface area contributed by atoms with Crippen molar-refractivity contribution < 1.29 is 35.8 Å². The van der Waals surface area contributed by atoms with Gasteiger partial charge in [-0.1, -0.05) is 12.1 Å². The molecule has 0 radical (unpaired) electrons. The number of methoxy groups -OCH3 is 1. The summed E-state index contributed by atoms with van der Waals surface area (Å²) in [4.78, 5) is 0. The van der Waals surface area contributed by atoms with E-state index >= 15 is 0 Å². The number of benzene rings is 1. The van der Waals surface area contributed by atoms with Gasteiger partial charge in [-0.15, -0.1) is 0 Å². The summed E-state index contributed by atoms with van der Waals surface area (Å²) in [5.74, 6) is -2.84. The zero-order valence-electron chi connectivity index (χ0n) is 13.5. The highest BCUT2D eigenvalue weighted by Gasteiger charge is 2.49. The first-order valence-electron chi connectivity index (χ1n) is 7.23. The maximum absolute atomic E-state index is 13.3. The fraction of sp³-hybridized carbons (Fsp3) is 0.294. The molecule has 2 unspecified atom stereocenters. The Labute approximate surface area is 149 Å². The molecule has 0 fully saturated rings. The normalized spacial score (nSPS) is 20.7. The van der Waals surface area contributed by atoms with Gasteiger partial charge in [0.1, 0.15) is 23.5 Å². The third kappa shape index (κ3) is 4.17. The Hall–Kier alpha value is -3.14. The number of allylic oxidation sites excluding steroid dienone is 3. The van der Waals surface area contributed by atoms with Crippen molar-refractivity contribution in [3.63, 3.8) is 0 Å². The van der Waals surface area contributed by atoms with Crippen LogP contribution in [-0.2, 0) is 4.74 Å². The molecule has 1 heterocycles. The van der Waals surface area contributed by atoms with Gasteiger partial charge < -0.3 is 9.47 Å². The van der Waals surface area contributed by atoms with Crippen molar-refractivity contribution in [2.75, 3.05) is 7.11 Å². The fourth-order valence-electron chi connectivity index (χ4n) is 2.55. The summed E-state index contributed by atoms with van der Waals surface area (Å²) in [6.45, 7) is 0. The summed E-state index contributed by atoms with van der Waals surface area (Å²) in [5, 5.41) is 17.8. The number of ether oxygens (including phenoxy) is 2. The summed E-state index contributed by atoms with van der Waals surface area (Å²) in [6.07, 6.45) is -11.9. The van der Waals surface area contributed by atoms with Crippen LogP contribution < -0.4 is 4.74 Å². The predicted molar refractivity (Wildman–Crippen MR) is 79.1 cm³/mol. The van der Waals surface area contributed by atoms with E-state index < -0.39 is 41.3 Å². The maximum atomic E-state index is 13.3. The molecule has 0 bridgehead atoms. The third-order valence-corrected chi connectivity index (χ3v) is 3.73. The number of rotatable bonds is 3. The molecule has 1 aliphatic heterocycles. The highest BCUT2D eigenvalue weighted by molar-refractivity contribution is 5.49. The van der Waals surface area contributed by atoms with Gasteiger partial charge in [-0.2, -0.15) is 36.9 Å². The van der Waals surface area contributed by atoms with Crippen LogP contribution in [0, 0.1) is 22.7 Å². The Bertz CT molecular complexity index is 854. The molecule has 0 amide bonds. The van der Waals surface area contributed by atoms with Crippen LogP contribution in [0.4, 0.5) is 26.3 Å². The highest BCUT2D eigenvalue weighted by Crippen LogP contribution is 2.46. The van der Waals surface area contributed by atoms with Crippen molar-refractivity contribution >= 4 is 0 Å². The summed E-state index contributed by atoms with van der Waals surface area (Å²) in [6, 6.07) is 7.73. The number of nitriles is 2. The zero-order valence-corrected chi connectivity index (χ0v) is 13.5. The lowest BCUT2D eigenvalue weighted by Gasteiger charge is -2.16. The molecule has 2 rings (SSSR count). The summed E-state index contributed by atoms with van der Waals surface area (Å²) in [7, 11) is 1.35. The molecule has 1 aromatic carbocycles. The van der Waals surface area contributed by atoms with Gasteiger partial charge in [-0.3, -0.25) is 0 Å². The van der Waals surface area contributed by atoms with E-state index in [1.165, 1.54) is 37.4 Å². The van der Waals surface area contributed by atoms with Crippen molar-refractivity contribution in [1.82, 2.24) is 0 Å². The zero-order chi connectivity index (χ0) is 20.4. The van der Waals surface area contributed by atoms with Crippen LogP contribution in [0.3, 0.4) is 0 Å². The maximum Gasteiger partial charge on any atom is 0.449 e. The lowest BCUT2D eigenvalue weighted by molar-refractivity contribution is -0.131. The fourth-order valence-corrected chi connectivity index (χ4v) is 2.55. The topological polar surface area (TPSA) is 66.0 Å². The molecule has 1 aromatic rings. The van der Waals surface area contributed by atoms with E-state index in [-0.39, 0.29) is 11.6 Å². The van der Waals surface area contributed by atoms with Crippen molar-refractivity contribution in [3.05, 3.63) is 52.8 Å². The van der Waals surface area contributed by atoms with Gasteiger partial charge >= 0.3 is 12.4 Å². The van der Waals surface area contributed by atoms with Crippen LogP contribution in [-0.4, -0.2) is 25.6 Å². The molecule has 0 aliphatic carbocycles. The van der Waals surface area contributed by atoms with Crippen LogP contribution >= 0.6 is 0 Å². The van der Waals surface area contributed by atoms with Crippen molar-refractivity contribution in [3.8, 4) is 17.9 Å². The SMILES string of the molecule is COc1ccc(C2C(C=C(C#N)C(F)(F)F)=C(C(F)(F)F)OC2C#N)cc1.